The lowest BCUT2D eigenvalue weighted by Crippen LogP contribution is -2.49. The van der Waals surface area contributed by atoms with Crippen molar-refractivity contribution in [1.29, 1.82) is 0 Å². The van der Waals surface area contributed by atoms with Gasteiger partial charge in [0.15, 0.2) is 5.82 Å². The molecule has 8 heteroatoms. The third-order valence-corrected chi connectivity index (χ3v) is 6.21. The van der Waals surface area contributed by atoms with E-state index in [-0.39, 0.29) is 5.91 Å². The topological polar surface area (TPSA) is 76.4 Å². The van der Waals surface area contributed by atoms with Crippen molar-refractivity contribution < 1.29 is 9.53 Å². The van der Waals surface area contributed by atoms with Gasteiger partial charge in [0.05, 0.1) is 24.6 Å². The second-order valence-electron chi connectivity index (χ2n) is 8.18. The van der Waals surface area contributed by atoms with E-state index in [0.29, 0.717) is 37.6 Å². The Balaban J connectivity index is 1.33. The first-order valence-electron chi connectivity index (χ1n) is 11.0. The smallest absolute Gasteiger partial charge is 0.257 e. The molecule has 0 spiro atoms. The van der Waals surface area contributed by atoms with Crippen LogP contribution in [0.2, 0.25) is 0 Å². The minimum Gasteiger partial charge on any atom is -0.494 e. The summed E-state index contributed by atoms with van der Waals surface area (Å²) >= 11 is 0. The number of carbonyl (C=O) groups is 1. The summed E-state index contributed by atoms with van der Waals surface area (Å²) in [5.41, 5.74) is 3.43. The first-order valence-corrected chi connectivity index (χ1v) is 11.0. The van der Waals surface area contributed by atoms with Crippen molar-refractivity contribution >= 4 is 22.6 Å². The zero-order valence-electron chi connectivity index (χ0n) is 19.0. The van der Waals surface area contributed by atoms with Crippen LogP contribution in [0.3, 0.4) is 0 Å². The van der Waals surface area contributed by atoms with E-state index in [4.69, 9.17) is 9.72 Å². The maximum Gasteiger partial charge on any atom is 0.257 e. The van der Waals surface area contributed by atoms with Crippen molar-refractivity contribution in [3.05, 3.63) is 71.7 Å². The standard InChI is InChI=1S/C25H26N6O2/c1-17-15-23(28-24-19(17)7-6-8-21(24)33-3)29-11-13-30(14-12-29)25(32)20-16-27-31(18(20)2)22-9-4-5-10-26-22/h4-10,15-16H,11-14H2,1-3H3. The van der Waals surface area contributed by atoms with Gasteiger partial charge in [-0.2, -0.15) is 5.10 Å². The molecule has 3 aromatic heterocycles. The molecule has 0 bridgehead atoms. The first kappa shape index (κ1) is 20.9. The number of rotatable bonds is 4. The average molecular weight is 443 g/mol. The maximum absolute atomic E-state index is 13.2. The summed E-state index contributed by atoms with van der Waals surface area (Å²) in [7, 11) is 1.67. The highest BCUT2D eigenvalue weighted by molar-refractivity contribution is 5.95. The molecule has 4 heterocycles. The van der Waals surface area contributed by atoms with Crippen LogP contribution < -0.4 is 9.64 Å². The van der Waals surface area contributed by atoms with Crippen LogP contribution in [0.4, 0.5) is 5.82 Å². The maximum atomic E-state index is 13.2. The predicted octanol–water partition coefficient (Wildman–Crippen LogP) is 3.40. The van der Waals surface area contributed by atoms with Gasteiger partial charge in [0.25, 0.3) is 5.91 Å². The van der Waals surface area contributed by atoms with E-state index in [9.17, 15) is 4.79 Å². The van der Waals surface area contributed by atoms with Crippen molar-refractivity contribution in [1.82, 2.24) is 24.6 Å². The molecule has 1 fully saturated rings. The molecule has 0 unspecified atom stereocenters. The number of aryl methyl sites for hydroxylation is 1. The van der Waals surface area contributed by atoms with E-state index < -0.39 is 0 Å². The van der Waals surface area contributed by atoms with E-state index in [1.165, 1.54) is 0 Å². The van der Waals surface area contributed by atoms with Crippen molar-refractivity contribution in [2.24, 2.45) is 0 Å². The molecule has 0 aliphatic carbocycles. The molecule has 1 aliphatic rings. The lowest BCUT2D eigenvalue weighted by atomic mass is 10.1. The Morgan fingerprint density at radius 2 is 1.82 bits per heavy atom. The lowest BCUT2D eigenvalue weighted by Gasteiger charge is -2.35. The molecule has 1 aromatic carbocycles. The Morgan fingerprint density at radius 3 is 2.55 bits per heavy atom. The zero-order chi connectivity index (χ0) is 22.9. The molecule has 0 N–H and O–H groups in total. The zero-order valence-corrected chi connectivity index (χ0v) is 19.0. The Labute approximate surface area is 192 Å². The van der Waals surface area contributed by atoms with Gasteiger partial charge in [-0.3, -0.25) is 4.79 Å². The van der Waals surface area contributed by atoms with Crippen LogP contribution in [0.1, 0.15) is 21.6 Å². The Hall–Kier alpha value is -3.94. The minimum atomic E-state index is -0.00125. The summed E-state index contributed by atoms with van der Waals surface area (Å²) in [5, 5.41) is 5.48. The van der Waals surface area contributed by atoms with Gasteiger partial charge in [-0.1, -0.05) is 18.2 Å². The van der Waals surface area contributed by atoms with Gasteiger partial charge >= 0.3 is 0 Å². The first-order chi connectivity index (χ1) is 16.1. The number of nitrogens with zero attached hydrogens (tertiary/aromatic N) is 6. The van der Waals surface area contributed by atoms with Crippen LogP contribution >= 0.6 is 0 Å². The normalized spacial score (nSPS) is 14.0. The van der Waals surface area contributed by atoms with E-state index in [2.05, 4.69) is 34.0 Å². The molecule has 33 heavy (non-hydrogen) atoms. The van der Waals surface area contributed by atoms with Crippen LogP contribution in [-0.4, -0.2) is 63.8 Å². The number of hydrogen-bond acceptors (Lipinski definition) is 6. The monoisotopic (exact) mass is 442 g/mol. The number of piperazine rings is 1. The fraction of sp³-hybridized carbons (Fsp3) is 0.280. The second-order valence-corrected chi connectivity index (χ2v) is 8.18. The molecule has 1 amide bonds. The Kier molecular flexibility index (Phi) is 5.42. The highest BCUT2D eigenvalue weighted by atomic mass is 16.5. The van der Waals surface area contributed by atoms with Crippen molar-refractivity contribution in [3.63, 3.8) is 0 Å². The van der Waals surface area contributed by atoms with E-state index in [1.54, 1.807) is 24.2 Å². The molecule has 0 atom stereocenters. The van der Waals surface area contributed by atoms with Crippen LogP contribution in [0, 0.1) is 13.8 Å². The van der Waals surface area contributed by atoms with Crippen LogP contribution in [0.5, 0.6) is 5.75 Å². The van der Waals surface area contributed by atoms with Gasteiger partial charge in [0.1, 0.15) is 17.1 Å². The van der Waals surface area contributed by atoms with Gasteiger partial charge in [0.2, 0.25) is 0 Å². The average Bonchev–Trinajstić information content (AvgIpc) is 3.25. The summed E-state index contributed by atoms with van der Waals surface area (Å²) in [4.78, 5) is 26.6. The van der Waals surface area contributed by atoms with Gasteiger partial charge in [-0.05, 0) is 43.7 Å². The molecule has 1 aliphatic heterocycles. The lowest BCUT2D eigenvalue weighted by molar-refractivity contribution is 0.0745. The molecule has 168 valence electrons. The summed E-state index contributed by atoms with van der Waals surface area (Å²) in [6, 6.07) is 13.7. The number of hydrogen-bond donors (Lipinski definition) is 0. The fourth-order valence-electron chi connectivity index (χ4n) is 4.34. The number of carbonyl (C=O) groups excluding carboxylic acids is 1. The van der Waals surface area contributed by atoms with Crippen LogP contribution in [-0.2, 0) is 0 Å². The van der Waals surface area contributed by atoms with Gasteiger partial charge < -0.3 is 14.5 Å². The highest BCUT2D eigenvalue weighted by Crippen LogP contribution is 2.29. The van der Waals surface area contributed by atoms with E-state index in [1.807, 2.05) is 42.2 Å². The Bertz CT molecular complexity index is 1310. The van der Waals surface area contributed by atoms with Crippen molar-refractivity contribution in [2.45, 2.75) is 13.8 Å². The molecule has 0 saturated carbocycles. The molecule has 4 aromatic rings. The highest BCUT2D eigenvalue weighted by Gasteiger charge is 2.26. The predicted molar refractivity (Wildman–Crippen MR) is 127 cm³/mol. The number of ether oxygens (including phenoxy) is 1. The molecule has 5 rings (SSSR count). The number of anilines is 1. The largest absolute Gasteiger partial charge is 0.494 e. The van der Waals surface area contributed by atoms with Crippen molar-refractivity contribution in [2.75, 3.05) is 38.2 Å². The number of methoxy groups -OCH3 is 1. The minimum absolute atomic E-state index is 0.00125. The number of fused-ring (bicyclic) bond motifs is 1. The van der Waals surface area contributed by atoms with E-state index >= 15 is 0 Å². The number of aromatic nitrogens is 4. The molecule has 8 nitrogen and oxygen atoms in total. The number of amides is 1. The summed E-state index contributed by atoms with van der Waals surface area (Å²) in [6.45, 7) is 6.67. The third kappa shape index (κ3) is 3.77. The number of benzene rings is 1. The molecule has 1 saturated heterocycles. The van der Waals surface area contributed by atoms with Crippen LogP contribution in [0.15, 0.2) is 54.9 Å². The van der Waals surface area contributed by atoms with Gasteiger partial charge in [-0.25, -0.2) is 14.6 Å². The Morgan fingerprint density at radius 1 is 1.00 bits per heavy atom. The van der Waals surface area contributed by atoms with Crippen molar-refractivity contribution in [3.8, 4) is 11.6 Å². The summed E-state index contributed by atoms with van der Waals surface area (Å²) in [6.07, 6.45) is 3.36. The van der Waals surface area contributed by atoms with Gasteiger partial charge in [0, 0.05) is 37.8 Å². The summed E-state index contributed by atoms with van der Waals surface area (Å²) < 4.78 is 7.23. The fourth-order valence-corrected chi connectivity index (χ4v) is 4.34. The quantitative estimate of drug-likeness (QED) is 0.482. The molecular weight excluding hydrogens is 416 g/mol. The van der Waals surface area contributed by atoms with E-state index in [0.717, 1.165) is 33.7 Å². The van der Waals surface area contributed by atoms with Gasteiger partial charge in [-0.15, -0.1) is 0 Å². The summed E-state index contributed by atoms with van der Waals surface area (Å²) in [5.74, 6) is 2.38. The second kappa shape index (κ2) is 8.54. The third-order valence-electron chi connectivity index (χ3n) is 6.21. The number of pyridine rings is 2. The van der Waals surface area contributed by atoms with Crippen LogP contribution in [0.25, 0.3) is 16.7 Å². The molecular formula is C25H26N6O2. The molecule has 0 radical (unpaired) electrons. The number of para-hydroxylation sites is 1. The SMILES string of the molecule is COc1cccc2c(C)cc(N3CCN(C(=O)c4cnn(-c5ccccn5)c4C)CC3)nc12.